The van der Waals surface area contributed by atoms with Crippen molar-refractivity contribution < 1.29 is 9.53 Å². The molecule has 0 spiro atoms. The molecule has 1 N–H and O–H groups in total. The molecule has 0 fully saturated rings. The predicted molar refractivity (Wildman–Crippen MR) is 50.9 cm³/mol. The van der Waals surface area contributed by atoms with Gasteiger partial charge in [0.05, 0.1) is 0 Å². The molecule has 0 aliphatic rings. The molecule has 0 aliphatic heterocycles. The SMILES string of the molecule is B/C=P/NC(=O)OC(C)(C)C. The summed E-state index contributed by atoms with van der Waals surface area (Å²) in [5.74, 6) is 0. The lowest BCUT2D eigenvalue weighted by molar-refractivity contribution is 0.0574. The molecule has 0 rings (SSSR count). The fourth-order valence-corrected chi connectivity index (χ4v) is 0.698. The fourth-order valence-electron chi connectivity index (χ4n) is 0.418. The van der Waals surface area contributed by atoms with Crippen LogP contribution < -0.4 is 5.09 Å². The zero-order valence-electron chi connectivity index (χ0n) is 7.34. The number of carbonyl (C=O) groups is 1. The number of hydrogen-bond acceptors (Lipinski definition) is 2. The Hall–Kier alpha value is -0.495. The summed E-state index contributed by atoms with van der Waals surface area (Å²) in [5.41, 5.74) is 1.41. The molecule has 62 valence electrons. The van der Waals surface area contributed by atoms with Crippen LogP contribution in [-0.4, -0.2) is 25.2 Å². The van der Waals surface area contributed by atoms with Crippen LogP contribution >= 0.6 is 8.35 Å². The monoisotopic (exact) mass is 173 g/mol. The van der Waals surface area contributed by atoms with Gasteiger partial charge >= 0.3 is 6.09 Å². The molecule has 0 aromatic rings. The van der Waals surface area contributed by atoms with Crippen molar-refractivity contribution >= 4 is 28.0 Å². The van der Waals surface area contributed by atoms with Crippen LogP contribution in [0.2, 0.25) is 0 Å². The van der Waals surface area contributed by atoms with E-state index >= 15 is 0 Å². The van der Waals surface area contributed by atoms with Gasteiger partial charge in [-0.05, 0) is 20.8 Å². The second kappa shape index (κ2) is 4.40. The predicted octanol–water partition coefficient (Wildman–Crippen LogP) is 0.765. The molecule has 3 nitrogen and oxygen atoms in total. The van der Waals surface area contributed by atoms with Crippen molar-refractivity contribution in [2.45, 2.75) is 26.4 Å². The van der Waals surface area contributed by atoms with Gasteiger partial charge in [0.15, 0.2) is 0 Å². The zero-order valence-corrected chi connectivity index (χ0v) is 8.24. The normalized spacial score (nSPS) is 11.5. The molecule has 0 aromatic carbocycles. The highest BCUT2D eigenvalue weighted by Gasteiger charge is 2.14. The van der Waals surface area contributed by atoms with Crippen LogP contribution in [0.25, 0.3) is 0 Å². The van der Waals surface area contributed by atoms with Gasteiger partial charge in [0.2, 0.25) is 0 Å². The van der Waals surface area contributed by atoms with E-state index in [4.69, 9.17) is 4.74 Å². The van der Waals surface area contributed by atoms with Gasteiger partial charge in [0.25, 0.3) is 0 Å². The van der Waals surface area contributed by atoms with E-state index in [0.29, 0.717) is 0 Å². The second-order valence-corrected chi connectivity index (χ2v) is 4.00. The zero-order chi connectivity index (χ0) is 8.91. The molecule has 5 heteroatoms. The maximum Gasteiger partial charge on any atom is 0.415 e. The molecular weight excluding hydrogens is 160 g/mol. The van der Waals surface area contributed by atoms with Gasteiger partial charge in [-0.25, -0.2) is 4.79 Å². The Morgan fingerprint density at radius 2 is 2.18 bits per heavy atom. The van der Waals surface area contributed by atoms with E-state index in [2.05, 4.69) is 5.09 Å². The van der Waals surface area contributed by atoms with Crippen molar-refractivity contribution in [1.82, 2.24) is 5.09 Å². The van der Waals surface area contributed by atoms with Crippen LogP contribution in [0, 0.1) is 0 Å². The Kier molecular flexibility index (Phi) is 4.20. The molecule has 0 radical (unpaired) electrons. The Morgan fingerprint density at radius 3 is 2.55 bits per heavy atom. The number of amides is 1. The Labute approximate surface area is 69.8 Å². The van der Waals surface area contributed by atoms with Crippen LogP contribution in [0.15, 0.2) is 0 Å². The van der Waals surface area contributed by atoms with Crippen molar-refractivity contribution in [1.29, 1.82) is 0 Å². The van der Waals surface area contributed by atoms with E-state index in [9.17, 15) is 4.79 Å². The molecule has 0 saturated carbocycles. The molecule has 0 heterocycles. The highest BCUT2D eigenvalue weighted by atomic mass is 31.1. The van der Waals surface area contributed by atoms with E-state index < -0.39 is 5.60 Å². The third kappa shape index (κ3) is 7.40. The minimum Gasteiger partial charge on any atom is -0.443 e. The summed E-state index contributed by atoms with van der Waals surface area (Å²) in [6.07, 6.45) is -0.378. The van der Waals surface area contributed by atoms with Gasteiger partial charge in [0.1, 0.15) is 13.4 Å². The summed E-state index contributed by atoms with van der Waals surface area (Å²) in [7, 11) is 2.63. The van der Waals surface area contributed by atoms with Gasteiger partial charge in [-0.15, -0.1) is 0 Å². The third-order valence-electron chi connectivity index (χ3n) is 0.684. The van der Waals surface area contributed by atoms with Crippen molar-refractivity contribution in [2.24, 2.45) is 0 Å². The minimum atomic E-state index is -0.409. The molecule has 0 saturated heterocycles. The highest BCUT2D eigenvalue weighted by Crippen LogP contribution is 2.06. The maximum atomic E-state index is 10.9. The van der Waals surface area contributed by atoms with Crippen LogP contribution in [-0.2, 0) is 4.74 Å². The largest absolute Gasteiger partial charge is 0.443 e. The van der Waals surface area contributed by atoms with Crippen molar-refractivity contribution in [3.63, 3.8) is 0 Å². The topological polar surface area (TPSA) is 38.3 Å². The molecule has 11 heavy (non-hydrogen) atoms. The Bertz CT molecular complexity index is 164. The van der Waals surface area contributed by atoms with Crippen molar-refractivity contribution in [3.05, 3.63) is 0 Å². The van der Waals surface area contributed by atoms with E-state index in [-0.39, 0.29) is 6.09 Å². The van der Waals surface area contributed by atoms with Gasteiger partial charge < -0.3 is 4.74 Å². The summed E-state index contributed by atoms with van der Waals surface area (Å²) >= 11 is 0. The molecule has 0 atom stereocenters. The smallest absolute Gasteiger partial charge is 0.415 e. The van der Waals surface area contributed by atoms with E-state index in [1.807, 2.05) is 34.3 Å². The van der Waals surface area contributed by atoms with Crippen LogP contribution in [0.5, 0.6) is 0 Å². The van der Waals surface area contributed by atoms with Crippen LogP contribution in [0.4, 0.5) is 4.79 Å². The van der Waals surface area contributed by atoms with Crippen LogP contribution in [0.3, 0.4) is 0 Å². The molecule has 0 bridgehead atoms. The van der Waals surface area contributed by atoms with Crippen LogP contribution in [0.1, 0.15) is 20.8 Å². The Morgan fingerprint density at radius 1 is 1.64 bits per heavy atom. The lowest BCUT2D eigenvalue weighted by Gasteiger charge is -2.18. The van der Waals surface area contributed by atoms with Gasteiger partial charge in [-0.1, -0.05) is 5.70 Å². The summed E-state index contributed by atoms with van der Waals surface area (Å²) in [6, 6.07) is 0. The first-order valence-corrected chi connectivity index (χ1v) is 4.39. The van der Waals surface area contributed by atoms with E-state index in [1.165, 1.54) is 0 Å². The number of ether oxygens (including phenoxy) is 1. The summed E-state index contributed by atoms with van der Waals surface area (Å²) in [4.78, 5) is 10.9. The van der Waals surface area contributed by atoms with Crippen molar-refractivity contribution in [3.8, 4) is 0 Å². The average molecular weight is 173 g/mol. The second-order valence-electron chi connectivity index (χ2n) is 3.00. The van der Waals surface area contributed by atoms with E-state index in [1.54, 1.807) is 0 Å². The maximum absolute atomic E-state index is 10.9. The third-order valence-corrected chi connectivity index (χ3v) is 1.25. The first kappa shape index (κ1) is 10.5. The first-order valence-electron chi connectivity index (χ1n) is 3.42. The molecule has 1 amide bonds. The van der Waals surface area contributed by atoms with E-state index in [0.717, 1.165) is 8.35 Å². The summed E-state index contributed by atoms with van der Waals surface area (Å²) in [5, 5.41) is 2.54. The number of hydrogen-bond donors (Lipinski definition) is 1. The van der Waals surface area contributed by atoms with Crippen molar-refractivity contribution in [2.75, 3.05) is 0 Å². The number of carbonyl (C=O) groups excluding carboxylic acids is 1. The lowest BCUT2D eigenvalue weighted by atomic mass is 10.2. The molecular formula is C6H13BNO2P. The average Bonchev–Trinajstić information content (AvgIpc) is 1.79. The Balaban J connectivity index is 3.70. The summed E-state index contributed by atoms with van der Waals surface area (Å²) < 4.78 is 4.96. The quantitative estimate of drug-likeness (QED) is 0.469. The number of rotatable bonds is 1. The first-order chi connectivity index (χ1) is 4.95. The molecule has 0 aliphatic carbocycles. The standard InChI is InChI=1S/C6H13BNO2P/c1-6(2,3)10-5(9)8-11-4-7/h4H,7H2,1-3H3,(H,8,9). The minimum absolute atomic E-state index is 0.378. The van der Waals surface area contributed by atoms with Gasteiger partial charge in [-0.2, -0.15) is 0 Å². The lowest BCUT2D eigenvalue weighted by Crippen LogP contribution is -2.28. The van der Waals surface area contributed by atoms with Gasteiger partial charge in [0, 0.05) is 8.35 Å². The summed E-state index contributed by atoms with van der Waals surface area (Å²) in [6.45, 7) is 5.50. The van der Waals surface area contributed by atoms with Gasteiger partial charge in [-0.3, -0.25) is 5.09 Å². The fraction of sp³-hybridized carbons (Fsp3) is 0.667. The molecule has 0 aromatic heterocycles. The highest BCUT2D eigenvalue weighted by molar-refractivity contribution is 7.41. The number of nitrogens with one attached hydrogen (secondary N) is 1. The molecule has 0 unspecified atom stereocenters.